The molecule has 0 radical (unpaired) electrons. The second-order valence-electron chi connectivity index (χ2n) is 6.32. The number of fused-ring (bicyclic) bond motifs is 1. The molecule has 2 aromatic rings. The molecule has 1 aliphatic rings. The number of amides is 3. The third-order valence-corrected chi connectivity index (χ3v) is 4.62. The monoisotopic (exact) mass is 391 g/mol. The second kappa shape index (κ2) is 8.67. The van der Waals surface area contributed by atoms with Crippen LogP contribution in [0.25, 0.3) is 0 Å². The van der Waals surface area contributed by atoms with Gasteiger partial charge in [0.15, 0.2) is 11.5 Å². The number of aromatic nitrogens is 2. The van der Waals surface area contributed by atoms with Gasteiger partial charge in [-0.25, -0.2) is 4.79 Å². The van der Waals surface area contributed by atoms with E-state index in [2.05, 4.69) is 40.0 Å². The van der Waals surface area contributed by atoms with Crippen LogP contribution in [0.1, 0.15) is 35.1 Å². The van der Waals surface area contributed by atoms with E-state index >= 15 is 0 Å². The molecule has 0 aliphatic carbocycles. The summed E-state index contributed by atoms with van der Waals surface area (Å²) in [5.74, 6) is 1.38. The number of carbonyl (C=O) groups is 2. The SMILES string of the molecule is CC(C)CCNC(=O)NCc1nnc(C(=O)Nc2ccc3c(c2)OCO3)s1. The lowest BCUT2D eigenvalue weighted by atomic mass is 10.1. The molecule has 0 saturated heterocycles. The first kappa shape index (κ1) is 18.9. The number of benzene rings is 1. The fourth-order valence-corrected chi connectivity index (χ4v) is 2.94. The Kier molecular flexibility index (Phi) is 6.07. The van der Waals surface area contributed by atoms with Crippen molar-refractivity contribution in [2.24, 2.45) is 5.92 Å². The van der Waals surface area contributed by atoms with Crippen LogP contribution in [0.4, 0.5) is 10.5 Å². The average molecular weight is 391 g/mol. The molecule has 144 valence electrons. The van der Waals surface area contributed by atoms with Gasteiger partial charge in [0.1, 0.15) is 5.01 Å². The highest BCUT2D eigenvalue weighted by Gasteiger charge is 2.17. The Morgan fingerprint density at radius 2 is 2.00 bits per heavy atom. The Labute approximate surface area is 160 Å². The predicted molar refractivity (Wildman–Crippen MR) is 100 cm³/mol. The van der Waals surface area contributed by atoms with Crippen molar-refractivity contribution in [3.05, 3.63) is 28.2 Å². The third-order valence-electron chi connectivity index (χ3n) is 3.70. The number of urea groups is 1. The van der Waals surface area contributed by atoms with Gasteiger partial charge in [-0.3, -0.25) is 4.79 Å². The molecule has 0 spiro atoms. The minimum absolute atomic E-state index is 0.171. The Bertz CT molecular complexity index is 823. The van der Waals surface area contributed by atoms with Crippen molar-refractivity contribution >= 4 is 29.0 Å². The maximum atomic E-state index is 12.3. The van der Waals surface area contributed by atoms with Gasteiger partial charge in [0.2, 0.25) is 11.8 Å². The summed E-state index contributed by atoms with van der Waals surface area (Å²) in [5, 5.41) is 16.8. The summed E-state index contributed by atoms with van der Waals surface area (Å²) < 4.78 is 10.5. The number of nitrogens with zero attached hydrogens (tertiary/aromatic N) is 2. The molecular formula is C17H21N5O4S. The molecule has 3 rings (SSSR count). The molecule has 1 aliphatic heterocycles. The first-order valence-electron chi connectivity index (χ1n) is 8.56. The largest absolute Gasteiger partial charge is 0.454 e. The van der Waals surface area contributed by atoms with E-state index in [1.54, 1.807) is 18.2 Å². The van der Waals surface area contributed by atoms with Gasteiger partial charge < -0.3 is 25.4 Å². The van der Waals surface area contributed by atoms with Gasteiger partial charge in [0, 0.05) is 18.3 Å². The van der Waals surface area contributed by atoms with Gasteiger partial charge in [-0.2, -0.15) is 0 Å². The zero-order chi connectivity index (χ0) is 19.2. The molecular weight excluding hydrogens is 370 g/mol. The number of rotatable bonds is 7. The summed E-state index contributed by atoms with van der Waals surface area (Å²) >= 11 is 1.12. The van der Waals surface area contributed by atoms with E-state index in [0.717, 1.165) is 17.8 Å². The molecule has 3 N–H and O–H groups in total. The van der Waals surface area contributed by atoms with Crippen LogP contribution in [0, 0.1) is 5.92 Å². The van der Waals surface area contributed by atoms with Crippen molar-refractivity contribution in [1.82, 2.24) is 20.8 Å². The molecule has 0 atom stereocenters. The van der Waals surface area contributed by atoms with Gasteiger partial charge in [-0.1, -0.05) is 25.2 Å². The number of carbonyl (C=O) groups excluding carboxylic acids is 2. The lowest BCUT2D eigenvalue weighted by molar-refractivity contribution is 0.102. The number of ether oxygens (including phenoxy) is 2. The highest BCUT2D eigenvalue weighted by molar-refractivity contribution is 7.13. The van der Waals surface area contributed by atoms with Gasteiger partial charge in [-0.15, -0.1) is 10.2 Å². The summed E-state index contributed by atoms with van der Waals surface area (Å²) in [4.78, 5) is 24.0. The molecule has 1 aromatic heterocycles. The lowest BCUT2D eigenvalue weighted by Crippen LogP contribution is -2.35. The fourth-order valence-electron chi connectivity index (χ4n) is 2.27. The van der Waals surface area contributed by atoms with E-state index in [9.17, 15) is 9.59 Å². The summed E-state index contributed by atoms with van der Waals surface area (Å²) in [7, 11) is 0. The van der Waals surface area contributed by atoms with Crippen LogP contribution in [0.15, 0.2) is 18.2 Å². The van der Waals surface area contributed by atoms with E-state index in [0.29, 0.717) is 34.7 Å². The van der Waals surface area contributed by atoms with Gasteiger partial charge >= 0.3 is 6.03 Å². The van der Waals surface area contributed by atoms with E-state index < -0.39 is 0 Å². The molecule has 2 heterocycles. The van der Waals surface area contributed by atoms with Crippen molar-refractivity contribution < 1.29 is 19.1 Å². The molecule has 9 nitrogen and oxygen atoms in total. The average Bonchev–Trinajstić information content (AvgIpc) is 3.28. The summed E-state index contributed by atoms with van der Waals surface area (Å²) in [6.45, 7) is 5.18. The Hall–Kier alpha value is -2.88. The quantitative estimate of drug-likeness (QED) is 0.668. The number of hydrogen-bond acceptors (Lipinski definition) is 7. The van der Waals surface area contributed by atoms with Crippen LogP contribution < -0.4 is 25.4 Å². The van der Waals surface area contributed by atoms with Crippen LogP contribution >= 0.6 is 11.3 Å². The Morgan fingerprint density at radius 3 is 2.81 bits per heavy atom. The van der Waals surface area contributed by atoms with Crippen LogP contribution in [-0.4, -0.2) is 35.5 Å². The van der Waals surface area contributed by atoms with Crippen molar-refractivity contribution in [2.75, 3.05) is 18.7 Å². The van der Waals surface area contributed by atoms with Crippen molar-refractivity contribution in [2.45, 2.75) is 26.8 Å². The number of hydrogen-bond donors (Lipinski definition) is 3. The summed E-state index contributed by atoms with van der Waals surface area (Å²) in [6.07, 6.45) is 0.913. The van der Waals surface area contributed by atoms with Gasteiger partial charge in [-0.05, 0) is 24.5 Å². The molecule has 3 amide bonds. The topological polar surface area (TPSA) is 114 Å². The standard InChI is InChI=1S/C17H21N5O4S/c1-10(2)5-6-18-17(24)19-8-14-21-22-16(27-14)15(23)20-11-3-4-12-13(7-11)26-9-25-12/h3-4,7,10H,5-6,8-9H2,1-2H3,(H,20,23)(H2,18,19,24). The molecule has 0 fully saturated rings. The molecule has 0 bridgehead atoms. The van der Waals surface area contributed by atoms with E-state index in [1.807, 2.05) is 0 Å². The summed E-state index contributed by atoms with van der Waals surface area (Å²) in [5.41, 5.74) is 0.573. The second-order valence-corrected chi connectivity index (χ2v) is 7.38. The number of nitrogens with one attached hydrogen (secondary N) is 3. The van der Waals surface area contributed by atoms with E-state index in [-0.39, 0.29) is 30.3 Å². The third kappa shape index (κ3) is 5.30. The maximum Gasteiger partial charge on any atom is 0.315 e. The van der Waals surface area contributed by atoms with Crippen LogP contribution in [0.2, 0.25) is 0 Å². The van der Waals surface area contributed by atoms with Crippen LogP contribution in [0.3, 0.4) is 0 Å². The fraction of sp³-hybridized carbons (Fsp3) is 0.412. The first-order chi connectivity index (χ1) is 13.0. The van der Waals surface area contributed by atoms with Crippen molar-refractivity contribution in [1.29, 1.82) is 0 Å². The van der Waals surface area contributed by atoms with E-state index in [4.69, 9.17) is 9.47 Å². The highest BCUT2D eigenvalue weighted by Crippen LogP contribution is 2.34. The minimum Gasteiger partial charge on any atom is -0.454 e. The maximum absolute atomic E-state index is 12.3. The Balaban J connectivity index is 1.48. The molecule has 27 heavy (non-hydrogen) atoms. The zero-order valence-corrected chi connectivity index (χ0v) is 15.9. The van der Waals surface area contributed by atoms with E-state index in [1.165, 1.54) is 0 Å². The number of anilines is 1. The first-order valence-corrected chi connectivity index (χ1v) is 9.38. The summed E-state index contributed by atoms with van der Waals surface area (Å²) in [6, 6.07) is 4.87. The smallest absolute Gasteiger partial charge is 0.315 e. The van der Waals surface area contributed by atoms with Gasteiger partial charge in [0.25, 0.3) is 5.91 Å². The normalized spacial score (nSPS) is 12.1. The van der Waals surface area contributed by atoms with Crippen LogP contribution in [0.5, 0.6) is 11.5 Å². The zero-order valence-electron chi connectivity index (χ0n) is 15.1. The molecule has 1 aromatic carbocycles. The Morgan fingerprint density at radius 1 is 1.19 bits per heavy atom. The molecule has 0 saturated carbocycles. The lowest BCUT2D eigenvalue weighted by Gasteiger charge is -2.07. The minimum atomic E-state index is -0.376. The van der Waals surface area contributed by atoms with Crippen molar-refractivity contribution in [3.63, 3.8) is 0 Å². The van der Waals surface area contributed by atoms with Gasteiger partial charge in [0.05, 0.1) is 6.54 Å². The highest BCUT2D eigenvalue weighted by atomic mass is 32.1. The van der Waals surface area contributed by atoms with Crippen LogP contribution in [-0.2, 0) is 6.54 Å². The molecule has 0 unspecified atom stereocenters. The predicted octanol–water partition coefficient (Wildman–Crippen LogP) is 2.36. The molecule has 10 heteroatoms. The van der Waals surface area contributed by atoms with Crippen molar-refractivity contribution in [3.8, 4) is 11.5 Å².